The summed E-state index contributed by atoms with van der Waals surface area (Å²) < 4.78 is 1.51. The molecule has 2 aliphatic heterocycles. The van der Waals surface area contributed by atoms with E-state index < -0.39 is 5.41 Å². The smallest absolute Gasteiger partial charge is 0.291 e. The van der Waals surface area contributed by atoms with Gasteiger partial charge in [0.25, 0.3) is 11.9 Å². The van der Waals surface area contributed by atoms with Gasteiger partial charge in [-0.25, -0.2) is 0 Å². The van der Waals surface area contributed by atoms with Crippen molar-refractivity contribution in [2.45, 2.75) is 18.3 Å². The summed E-state index contributed by atoms with van der Waals surface area (Å²) in [5.74, 6) is 0.251. The molecular weight excluding hydrogens is 348 g/mol. The van der Waals surface area contributed by atoms with Crippen LogP contribution in [0.25, 0.3) is 5.95 Å². The number of piperidine rings is 1. The molecule has 1 aromatic carbocycles. The zero-order valence-corrected chi connectivity index (χ0v) is 14.3. The molecule has 2 aromatic heterocycles. The summed E-state index contributed by atoms with van der Waals surface area (Å²) in [5, 5.41) is 17.0. The van der Waals surface area contributed by atoms with Crippen LogP contribution >= 0.6 is 0 Å². The topological polar surface area (TPSA) is 122 Å². The molecule has 10 nitrogen and oxygen atoms in total. The van der Waals surface area contributed by atoms with Crippen LogP contribution in [-0.2, 0) is 10.2 Å². The molecule has 136 valence electrons. The number of fused-ring (bicyclic) bond motifs is 2. The van der Waals surface area contributed by atoms with Gasteiger partial charge in [0, 0.05) is 18.8 Å². The highest BCUT2D eigenvalue weighted by molar-refractivity contribution is 6.06. The molecule has 1 fully saturated rings. The van der Waals surface area contributed by atoms with Gasteiger partial charge < -0.3 is 10.2 Å². The minimum absolute atomic E-state index is 0.0189. The second kappa shape index (κ2) is 5.73. The van der Waals surface area contributed by atoms with Crippen LogP contribution in [0.1, 0.15) is 29.0 Å². The molecule has 0 atom stereocenters. The Labute approximate surface area is 153 Å². The normalized spacial score (nSPS) is 17.8. The summed E-state index contributed by atoms with van der Waals surface area (Å²) in [7, 11) is 0. The fraction of sp³-hybridized carbons (Fsp3) is 0.294. The van der Waals surface area contributed by atoms with Crippen molar-refractivity contribution >= 4 is 17.5 Å². The molecule has 1 spiro atoms. The highest BCUT2D eigenvalue weighted by atomic mass is 16.2. The molecule has 2 amide bonds. The first-order valence-electron chi connectivity index (χ1n) is 8.65. The number of hydrogen-bond donors (Lipinski definition) is 2. The van der Waals surface area contributed by atoms with Gasteiger partial charge in [0.1, 0.15) is 12.7 Å². The first-order chi connectivity index (χ1) is 13.2. The van der Waals surface area contributed by atoms with Gasteiger partial charge in [0.2, 0.25) is 11.7 Å². The number of amides is 2. The third-order valence-electron chi connectivity index (χ3n) is 5.36. The van der Waals surface area contributed by atoms with Gasteiger partial charge in [-0.2, -0.15) is 4.98 Å². The molecule has 0 unspecified atom stereocenters. The summed E-state index contributed by atoms with van der Waals surface area (Å²) in [5.41, 5.74) is 1.34. The molecule has 2 N–H and O–H groups in total. The van der Waals surface area contributed by atoms with Crippen molar-refractivity contribution in [3.8, 4) is 5.95 Å². The summed E-state index contributed by atoms with van der Waals surface area (Å²) in [6, 6.07) is 7.76. The van der Waals surface area contributed by atoms with E-state index in [4.69, 9.17) is 0 Å². The van der Waals surface area contributed by atoms with Crippen LogP contribution < -0.4 is 5.32 Å². The van der Waals surface area contributed by atoms with Crippen molar-refractivity contribution in [2.75, 3.05) is 18.4 Å². The molecule has 0 saturated carbocycles. The van der Waals surface area contributed by atoms with Gasteiger partial charge in [0.15, 0.2) is 0 Å². The first-order valence-corrected chi connectivity index (χ1v) is 8.65. The second-order valence-corrected chi connectivity index (χ2v) is 6.73. The third kappa shape index (κ3) is 2.33. The number of carbonyl (C=O) groups excluding carboxylic acids is 2. The maximum atomic E-state index is 12.8. The number of hydrogen-bond acceptors (Lipinski definition) is 6. The lowest BCUT2D eigenvalue weighted by atomic mass is 9.73. The number of rotatable bonds is 2. The van der Waals surface area contributed by atoms with E-state index in [0.717, 1.165) is 11.3 Å². The molecule has 3 aromatic rings. The molecule has 1 saturated heterocycles. The predicted molar refractivity (Wildman–Crippen MR) is 93.2 cm³/mol. The fourth-order valence-corrected chi connectivity index (χ4v) is 3.88. The fourth-order valence-electron chi connectivity index (χ4n) is 3.88. The highest BCUT2D eigenvalue weighted by Gasteiger charge is 2.48. The van der Waals surface area contributed by atoms with Crippen molar-refractivity contribution in [3.05, 3.63) is 48.3 Å². The van der Waals surface area contributed by atoms with Crippen LogP contribution in [0.5, 0.6) is 0 Å². The quantitative estimate of drug-likeness (QED) is 0.683. The zero-order valence-electron chi connectivity index (χ0n) is 14.3. The van der Waals surface area contributed by atoms with Crippen molar-refractivity contribution in [1.29, 1.82) is 0 Å². The van der Waals surface area contributed by atoms with Crippen LogP contribution in [0, 0.1) is 0 Å². The lowest BCUT2D eigenvalue weighted by Crippen LogP contribution is -2.48. The molecule has 0 bridgehead atoms. The van der Waals surface area contributed by atoms with Gasteiger partial charge in [0.05, 0.1) is 5.41 Å². The van der Waals surface area contributed by atoms with E-state index in [0.29, 0.717) is 31.9 Å². The molecule has 5 rings (SSSR count). The summed E-state index contributed by atoms with van der Waals surface area (Å²) in [4.78, 5) is 31.3. The Hall–Kier alpha value is -3.56. The van der Waals surface area contributed by atoms with E-state index in [2.05, 4.69) is 30.7 Å². The van der Waals surface area contributed by atoms with Crippen molar-refractivity contribution in [1.82, 2.24) is 34.8 Å². The SMILES string of the molecule is O=C(c1nc(-n2cnnc2)n[nH]1)N1CCC2(CC1)C(=O)Nc1ccccc12. The van der Waals surface area contributed by atoms with E-state index in [1.165, 1.54) is 17.2 Å². The van der Waals surface area contributed by atoms with Gasteiger partial charge in [-0.15, -0.1) is 15.3 Å². The Morgan fingerprint density at radius 3 is 2.63 bits per heavy atom. The highest BCUT2D eigenvalue weighted by Crippen LogP contribution is 2.44. The third-order valence-corrected chi connectivity index (χ3v) is 5.36. The number of para-hydroxylation sites is 1. The maximum Gasteiger partial charge on any atom is 0.291 e. The standard InChI is InChI=1S/C17H16N8O2/c26-14(13-21-16(23-22-13)25-9-18-19-10-25)24-7-5-17(6-8-24)11-3-1-2-4-12(11)20-15(17)27/h1-4,9-10H,5-8H2,(H,20,27)(H,21,22,23). The molecule has 2 aliphatic rings. The Balaban J connectivity index is 1.34. The van der Waals surface area contributed by atoms with Crippen LogP contribution in [0.2, 0.25) is 0 Å². The van der Waals surface area contributed by atoms with Crippen LogP contribution in [0.3, 0.4) is 0 Å². The Morgan fingerprint density at radius 2 is 1.85 bits per heavy atom. The molecule has 0 radical (unpaired) electrons. The summed E-state index contributed by atoms with van der Waals surface area (Å²) >= 11 is 0. The molecule has 0 aliphatic carbocycles. The maximum absolute atomic E-state index is 12.8. The number of benzene rings is 1. The molecule has 4 heterocycles. The Bertz CT molecular complexity index is 1020. The van der Waals surface area contributed by atoms with Gasteiger partial charge in [-0.05, 0) is 24.5 Å². The van der Waals surface area contributed by atoms with E-state index in [1.807, 2.05) is 24.3 Å². The molecule has 27 heavy (non-hydrogen) atoms. The van der Waals surface area contributed by atoms with E-state index in [1.54, 1.807) is 4.90 Å². The Kier molecular flexibility index (Phi) is 3.33. The van der Waals surface area contributed by atoms with Crippen LogP contribution in [0.15, 0.2) is 36.9 Å². The predicted octanol–water partition coefficient (Wildman–Crippen LogP) is 0.511. The second-order valence-electron chi connectivity index (χ2n) is 6.73. The first kappa shape index (κ1) is 15.7. The van der Waals surface area contributed by atoms with Crippen LogP contribution in [0.4, 0.5) is 5.69 Å². The Morgan fingerprint density at radius 1 is 1.11 bits per heavy atom. The van der Waals surface area contributed by atoms with Crippen LogP contribution in [-0.4, -0.2) is 59.7 Å². The number of H-pyrrole nitrogens is 1. The van der Waals surface area contributed by atoms with E-state index >= 15 is 0 Å². The number of anilines is 1. The van der Waals surface area contributed by atoms with Crippen molar-refractivity contribution in [3.63, 3.8) is 0 Å². The lowest BCUT2D eigenvalue weighted by Gasteiger charge is -2.37. The largest absolute Gasteiger partial charge is 0.336 e. The lowest BCUT2D eigenvalue weighted by molar-refractivity contribution is -0.122. The average molecular weight is 364 g/mol. The monoisotopic (exact) mass is 364 g/mol. The van der Waals surface area contributed by atoms with Gasteiger partial charge in [-0.3, -0.25) is 19.3 Å². The van der Waals surface area contributed by atoms with E-state index in [9.17, 15) is 9.59 Å². The number of nitrogens with one attached hydrogen (secondary N) is 2. The van der Waals surface area contributed by atoms with Crippen molar-refractivity contribution < 1.29 is 9.59 Å². The minimum Gasteiger partial charge on any atom is -0.336 e. The number of aromatic amines is 1. The number of nitrogens with zero attached hydrogens (tertiary/aromatic N) is 6. The number of carbonyl (C=O) groups is 2. The minimum atomic E-state index is -0.553. The van der Waals surface area contributed by atoms with Crippen molar-refractivity contribution in [2.24, 2.45) is 0 Å². The summed E-state index contributed by atoms with van der Waals surface area (Å²) in [6.45, 7) is 0.951. The number of likely N-dealkylation sites (tertiary alicyclic amines) is 1. The average Bonchev–Trinajstić information content (AvgIpc) is 3.43. The summed E-state index contributed by atoms with van der Waals surface area (Å²) in [6.07, 6.45) is 4.07. The zero-order chi connectivity index (χ0) is 18.4. The van der Waals surface area contributed by atoms with Gasteiger partial charge in [-0.1, -0.05) is 18.2 Å². The van der Waals surface area contributed by atoms with E-state index in [-0.39, 0.29) is 17.6 Å². The van der Waals surface area contributed by atoms with Gasteiger partial charge >= 0.3 is 0 Å². The molecular formula is C17H16N8O2. The molecule has 10 heteroatoms. The number of aromatic nitrogens is 6.